The van der Waals surface area contributed by atoms with Gasteiger partial charge in [0.25, 0.3) is 6.47 Å². The number of cyclic esters (lactones) is 1. The number of carboxylic acid groups (broad SMARTS) is 1. The van der Waals surface area contributed by atoms with E-state index in [2.05, 4.69) is 5.32 Å². The summed E-state index contributed by atoms with van der Waals surface area (Å²) in [6, 6.07) is 0. The molecule has 1 aliphatic rings. The molecule has 1 fully saturated rings. The molecule has 0 aromatic rings. The molecule has 0 aromatic heterocycles. The van der Waals surface area contributed by atoms with Crippen LogP contribution in [0.3, 0.4) is 0 Å². The molecular weight excluding hydrogens is 338 g/mol. The van der Waals surface area contributed by atoms with Gasteiger partial charge in [-0.15, -0.1) is 0 Å². The molecule has 3 N–H and O–H groups in total. The lowest BCUT2D eigenvalue weighted by atomic mass is 10.1. The first-order valence-electron chi connectivity index (χ1n) is 10.6. The molecule has 1 heterocycles. The summed E-state index contributed by atoms with van der Waals surface area (Å²) in [6.07, 6.45) is 10.5. The van der Waals surface area contributed by atoms with Gasteiger partial charge in [0.15, 0.2) is 5.96 Å². The summed E-state index contributed by atoms with van der Waals surface area (Å²) in [5.74, 6) is -1.71. The van der Waals surface area contributed by atoms with Crippen molar-refractivity contribution in [3.05, 3.63) is 0 Å². The van der Waals surface area contributed by atoms with Crippen molar-refractivity contribution in [2.75, 3.05) is 20.1 Å². The summed E-state index contributed by atoms with van der Waals surface area (Å²) >= 11 is 0. The smallest absolute Gasteiger partial charge is 0.325 e. The van der Waals surface area contributed by atoms with Crippen molar-refractivity contribution in [1.82, 2.24) is 10.2 Å². The first kappa shape index (κ1) is 18.7. The molecule has 1 saturated heterocycles. The molecule has 0 aromatic carbocycles. The SMILES string of the molecule is O=CO.[2H]C([2H])([2H])N1CC(=O)OCCCCCCCCCCCCC(=O)NC1=N. The van der Waals surface area contributed by atoms with Gasteiger partial charge in [0.2, 0.25) is 5.91 Å². The summed E-state index contributed by atoms with van der Waals surface area (Å²) in [6.45, 7) is -3.30. The van der Waals surface area contributed by atoms with Crippen LogP contribution in [-0.2, 0) is 19.1 Å². The summed E-state index contributed by atoms with van der Waals surface area (Å²) in [5, 5.41) is 17.0. The fraction of sp³-hybridized carbons (Fsp3) is 0.778. The van der Waals surface area contributed by atoms with Gasteiger partial charge in [0, 0.05) is 17.5 Å². The Kier molecular flexibility index (Phi) is 11.7. The monoisotopic (exact) mass is 374 g/mol. The third-order valence-electron chi connectivity index (χ3n) is 3.88. The number of hydrogen-bond acceptors (Lipinski definition) is 5. The summed E-state index contributed by atoms with van der Waals surface area (Å²) in [4.78, 5) is 32.7. The number of nitrogens with zero attached hydrogens (tertiary/aromatic N) is 1. The molecule has 0 spiro atoms. The molecule has 8 heteroatoms. The lowest BCUT2D eigenvalue weighted by Gasteiger charge is -2.19. The van der Waals surface area contributed by atoms with Crippen LogP contribution in [0.5, 0.6) is 0 Å². The van der Waals surface area contributed by atoms with Crippen LogP contribution in [0.15, 0.2) is 0 Å². The molecule has 8 nitrogen and oxygen atoms in total. The minimum absolute atomic E-state index is 0.238. The van der Waals surface area contributed by atoms with Crippen molar-refractivity contribution < 1.29 is 28.3 Å². The number of ether oxygens (including phenoxy) is 1. The second kappa shape index (κ2) is 16.4. The molecular formula is C18H33N3O5. The van der Waals surface area contributed by atoms with E-state index >= 15 is 0 Å². The molecule has 0 unspecified atom stereocenters. The maximum Gasteiger partial charge on any atom is 0.325 e. The molecule has 0 atom stereocenters. The average Bonchev–Trinajstić information content (AvgIpc) is 2.62. The lowest BCUT2D eigenvalue weighted by Crippen LogP contribution is -2.43. The molecule has 0 aliphatic carbocycles. The quantitative estimate of drug-likeness (QED) is 0.443. The highest BCUT2D eigenvalue weighted by Crippen LogP contribution is 2.11. The molecule has 26 heavy (non-hydrogen) atoms. The van der Waals surface area contributed by atoms with Crippen molar-refractivity contribution in [3.8, 4) is 0 Å². The van der Waals surface area contributed by atoms with E-state index in [0.717, 1.165) is 38.5 Å². The van der Waals surface area contributed by atoms with E-state index in [-0.39, 0.29) is 19.5 Å². The highest BCUT2D eigenvalue weighted by molar-refractivity contribution is 5.96. The molecule has 1 rings (SSSR count). The summed E-state index contributed by atoms with van der Waals surface area (Å²) < 4.78 is 27.5. The predicted octanol–water partition coefficient (Wildman–Crippen LogP) is 2.52. The number of guanidine groups is 1. The van der Waals surface area contributed by atoms with Crippen molar-refractivity contribution in [2.45, 2.75) is 70.6 Å². The van der Waals surface area contributed by atoms with Crippen LogP contribution in [-0.4, -0.2) is 54.4 Å². The zero-order valence-electron chi connectivity index (χ0n) is 18.3. The number of amides is 1. The van der Waals surface area contributed by atoms with Crippen molar-refractivity contribution in [1.29, 1.82) is 5.41 Å². The third-order valence-corrected chi connectivity index (χ3v) is 3.88. The molecule has 0 radical (unpaired) electrons. The number of carbonyl (C=O) groups excluding carboxylic acids is 2. The van der Waals surface area contributed by atoms with E-state index in [4.69, 9.17) is 24.2 Å². The lowest BCUT2D eigenvalue weighted by molar-refractivity contribution is -0.144. The number of nitrogens with one attached hydrogen (secondary N) is 2. The topological polar surface area (TPSA) is 120 Å². The number of hydrogen-bond donors (Lipinski definition) is 3. The molecule has 0 bridgehead atoms. The van der Waals surface area contributed by atoms with Crippen molar-refractivity contribution in [2.24, 2.45) is 0 Å². The van der Waals surface area contributed by atoms with Gasteiger partial charge in [-0.3, -0.25) is 25.1 Å². The van der Waals surface area contributed by atoms with Gasteiger partial charge in [-0.1, -0.05) is 51.4 Å². The highest BCUT2D eigenvalue weighted by Gasteiger charge is 2.13. The number of rotatable bonds is 0. The Hall–Kier alpha value is -2.12. The van der Waals surface area contributed by atoms with Gasteiger partial charge in [-0.2, -0.15) is 0 Å². The van der Waals surface area contributed by atoms with Crippen LogP contribution in [0, 0.1) is 5.41 Å². The van der Waals surface area contributed by atoms with Gasteiger partial charge in [0.05, 0.1) is 6.61 Å². The van der Waals surface area contributed by atoms with Crippen molar-refractivity contribution >= 4 is 24.3 Å². The molecule has 150 valence electrons. The van der Waals surface area contributed by atoms with Crippen LogP contribution >= 0.6 is 0 Å². The Morgan fingerprint density at radius 2 is 1.58 bits per heavy atom. The van der Waals surface area contributed by atoms with E-state index in [1.54, 1.807) is 0 Å². The fourth-order valence-corrected chi connectivity index (χ4v) is 2.50. The van der Waals surface area contributed by atoms with Crippen LogP contribution in [0.25, 0.3) is 0 Å². The standard InChI is InChI=1S/C17H31N3O3.CH2O2/c1-20-14-16(22)23-13-11-9-7-5-3-2-4-6-8-10-12-15(21)19-17(20)18;2-1-3/h2-14H2,1H3,(H2,18,19,21);1H,(H,2,3)/i1D3;. The largest absolute Gasteiger partial charge is 0.483 e. The highest BCUT2D eigenvalue weighted by atomic mass is 16.5. The van der Waals surface area contributed by atoms with Crippen LogP contribution in [0.1, 0.15) is 74.7 Å². The average molecular weight is 374 g/mol. The second-order valence-electron chi connectivity index (χ2n) is 6.09. The van der Waals surface area contributed by atoms with Gasteiger partial charge < -0.3 is 14.7 Å². The Labute approximate surface area is 160 Å². The van der Waals surface area contributed by atoms with Gasteiger partial charge >= 0.3 is 5.97 Å². The first-order valence-corrected chi connectivity index (χ1v) is 9.12. The van der Waals surface area contributed by atoms with E-state index in [1.807, 2.05) is 0 Å². The predicted molar refractivity (Wildman–Crippen MR) is 98.9 cm³/mol. The number of likely N-dealkylation sites (N-methyl/N-ethyl adjacent to an activating group) is 1. The maximum atomic E-state index is 11.9. The molecule has 0 saturated carbocycles. The Balaban J connectivity index is 0.00000245. The van der Waals surface area contributed by atoms with Crippen LogP contribution in [0.4, 0.5) is 0 Å². The van der Waals surface area contributed by atoms with Gasteiger partial charge in [-0.25, -0.2) is 0 Å². The molecule has 1 aliphatic heterocycles. The zero-order valence-corrected chi connectivity index (χ0v) is 15.3. The van der Waals surface area contributed by atoms with E-state index in [0.29, 0.717) is 11.3 Å². The minimum Gasteiger partial charge on any atom is -0.483 e. The van der Waals surface area contributed by atoms with E-state index in [9.17, 15) is 9.59 Å². The summed E-state index contributed by atoms with van der Waals surface area (Å²) in [5.41, 5.74) is 0. The van der Waals surface area contributed by atoms with E-state index < -0.39 is 31.4 Å². The first-order chi connectivity index (χ1) is 13.7. The van der Waals surface area contributed by atoms with Crippen molar-refractivity contribution in [3.63, 3.8) is 0 Å². The van der Waals surface area contributed by atoms with Crippen LogP contribution < -0.4 is 5.32 Å². The zero-order chi connectivity index (χ0) is 22.1. The Morgan fingerprint density at radius 3 is 2.12 bits per heavy atom. The number of esters is 1. The second-order valence-corrected chi connectivity index (χ2v) is 6.09. The van der Waals surface area contributed by atoms with Crippen LogP contribution in [0.2, 0.25) is 0 Å². The third kappa shape index (κ3) is 14.2. The Bertz CT molecular complexity index is 515. The van der Waals surface area contributed by atoms with Gasteiger partial charge in [0.1, 0.15) is 6.54 Å². The Morgan fingerprint density at radius 1 is 1.08 bits per heavy atom. The maximum absolute atomic E-state index is 11.9. The van der Waals surface area contributed by atoms with E-state index in [1.165, 1.54) is 19.3 Å². The fourth-order valence-electron chi connectivity index (χ4n) is 2.50. The molecule has 1 amide bonds. The number of carbonyl (C=O) groups is 3. The normalized spacial score (nSPS) is 21.8. The summed E-state index contributed by atoms with van der Waals surface area (Å²) in [7, 11) is 0. The van der Waals surface area contributed by atoms with Gasteiger partial charge in [-0.05, 0) is 12.8 Å². The minimum atomic E-state index is -2.71.